The van der Waals surface area contributed by atoms with Crippen LogP contribution in [0.2, 0.25) is 0 Å². The molecule has 0 aliphatic rings. The van der Waals surface area contributed by atoms with Crippen LogP contribution >= 0.6 is 15.9 Å². The van der Waals surface area contributed by atoms with Gasteiger partial charge in [0.1, 0.15) is 0 Å². The molecule has 0 radical (unpaired) electrons. The van der Waals surface area contributed by atoms with Crippen molar-refractivity contribution >= 4 is 15.9 Å². The molecule has 0 heterocycles. The van der Waals surface area contributed by atoms with Crippen LogP contribution in [0.15, 0.2) is 11.1 Å². The van der Waals surface area contributed by atoms with Gasteiger partial charge in [-0.3, -0.25) is 0 Å². The van der Waals surface area contributed by atoms with Crippen molar-refractivity contribution in [1.29, 1.82) is 0 Å². The molecule has 0 fully saturated rings. The Morgan fingerprint density at radius 2 is 1.92 bits per heavy atom. The van der Waals surface area contributed by atoms with Gasteiger partial charge in [-0.1, -0.05) is 22.5 Å². The Bertz CT molecular complexity index is 138. The highest BCUT2D eigenvalue weighted by atomic mass is 79.9. The Kier molecular flexibility index (Phi) is 5.80. The minimum absolute atomic E-state index is 0.215. The number of rotatable bonds is 5. The monoisotopic (exact) mass is 234 g/mol. The van der Waals surface area contributed by atoms with Crippen molar-refractivity contribution in [2.75, 3.05) is 19.6 Å². The second kappa shape index (κ2) is 5.73. The summed E-state index contributed by atoms with van der Waals surface area (Å²) in [6.07, 6.45) is 0. The van der Waals surface area contributed by atoms with Gasteiger partial charge in [0.15, 0.2) is 0 Å². The summed E-state index contributed by atoms with van der Waals surface area (Å²) in [5, 5.41) is 6.64. The predicted molar refractivity (Wildman–Crippen MR) is 58.7 cm³/mol. The van der Waals surface area contributed by atoms with Crippen molar-refractivity contribution in [1.82, 2.24) is 10.6 Å². The number of nitrogens with one attached hydrogen (secondary N) is 2. The average Bonchev–Trinajstić information content (AvgIpc) is 1.83. The van der Waals surface area contributed by atoms with E-state index in [0.29, 0.717) is 0 Å². The molecular weight excluding hydrogens is 216 g/mol. The summed E-state index contributed by atoms with van der Waals surface area (Å²) in [5.74, 6) is 0. The first-order valence-corrected chi connectivity index (χ1v) is 5.00. The van der Waals surface area contributed by atoms with Crippen LogP contribution in [0.25, 0.3) is 0 Å². The SMILES string of the molecule is C=C(Br)CNCCNC(C)(C)C. The molecule has 0 aromatic rings. The van der Waals surface area contributed by atoms with Crippen LogP contribution < -0.4 is 10.6 Å². The van der Waals surface area contributed by atoms with Crippen LogP contribution in [-0.2, 0) is 0 Å². The van der Waals surface area contributed by atoms with Gasteiger partial charge in [-0.05, 0) is 20.8 Å². The molecule has 0 spiro atoms. The molecule has 0 aliphatic carbocycles. The zero-order valence-corrected chi connectivity index (χ0v) is 9.79. The standard InChI is InChI=1S/C9H19BrN2/c1-8(10)7-11-5-6-12-9(2,3)4/h11-12H,1,5-7H2,2-4H3. The van der Waals surface area contributed by atoms with Crippen LogP contribution in [0.1, 0.15) is 20.8 Å². The molecule has 0 aromatic heterocycles. The van der Waals surface area contributed by atoms with Gasteiger partial charge in [0, 0.05) is 29.7 Å². The van der Waals surface area contributed by atoms with E-state index in [4.69, 9.17) is 0 Å². The largest absolute Gasteiger partial charge is 0.311 e. The molecule has 0 saturated carbocycles. The van der Waals surface area contributed by atoms with E-state index in [1.54, 1.807) is 0 Å². The van der Waals surface area contributed by atoms with Crippen molar-refractivity contribution in [3.8, 4) is 0 Å². The zero-order chi connectivity index (χ0) is 9.61. The number of halogens is 1. The summed E-state index contributed by atoms with van der Waals surface area (Å²) in [7, 11) is 0. The zero-order valence-electron chi connectivity index (χ0n) is 8.21. The molecular formula is C9H19BrN2. The highest BCUT2D eigenvalue weighted by Crippen LogP contribution is 1.97. The third-order valence-electron chi connectivity index (χ3n) is 1.27. The van der Waals surface area contributed by atoms with E-state index in [1.165, 1.54) is 0 Å². The lowest BCUT2D eigenvalue weighted by atomic mass is 10.1. The third-order valence-corrected chi connectivity index (χ3v) is 1.55. The number of hydrogen-bond acceptors (Lipinski definition) is 2. The van der Waals surface area contributed by atoms with Crippen LogP contribution in [0.5, 0.6) is 0 Å². The molecule has 0 atom stereocenters. The fraction of sp³-hybridized carbons (Fsp3) is 0.778. The highest BCUT2D eigenvalue weighted by Gasteiger charge is 2.06. The molecule has 2 nitrogen and oxygen atoms in total. The van der Waals surface area contributed by atoms with Crippen molar-refractivity contribution in [3.05, 3.63) is 11.1 Å². The highest BCUT2D eigenvalue weighted by molar-refractivity contribution is 9.11. The normalized spacial score (nSPS) is 11.7. The molecule has 0 aliphatic heterocycles. The van der Waals surface area contributed by atoms with Crippen molar-refractivity contribution < 1.29 is 0 Å². The van der Waals surface area contributed by atoms with Gasteiger partial charge in [0.25, 0.3) is 0 Å². The van der Waals surface area contributed by atoms with Gasteiger partial charge >= 0.3 is 0 Å². The summed E-state index contributed by atoms with van der Waals surface area (Å²) in [6, 6.07) is 0. The average molecular weight is 235 g/mol. The fourth-order valence-electron chi connectivity index (χ4n) is 0.750. The Balaban J connectivity index is 3.17. The van der Waals surface area contributed by atoms with Gasteiger partial charge in [-0.25, -0.2) is 0 Å². The molecule has 0 amide bonds. The Morgan fingerprint density at radius 3 is 2.33 bits per heavy atom. The Labute approximate surface area is 83.9 Å². The molecule has 0 bridgehead atoms. The summed E-state index contributed by atoms with van der Waals surface area (Å²) in [6.45, 7) is 13.0. The van der Waals surface area contributed by atoms with E-state index in [0.717, 1.165) is 24.1 Å². The summed E-state index contributed by atoms with van der Waals surface area (Å²) < 4.78 is 0.998. The minimum atomic E-state index is 0.215. The molecule has 3 heteroatoms. The fourth-order valence-corrected chi connectivity index (χ4v) is 0.948. The molecule has 0 aromatic carbocycles. The summed E-state index contributed by atoms with van der Waals surface area (Å²) in [5.41, 5.74) is 0.215. The first kappa shape index (κ1) is 12.1. The topological polar surface area (TPSA) is 24.1 Å². The second-order valence-electron chi connectivity index (χ2n) is 3.87. The smallest absolute Gasteiger partial charge is 0.0266 e. The van der Waals surface area contributed by atoms with Gasteiger partial charge in [-0.15, -0.1) is 0 Å². The predicted octanol–water partition coefficient (Wildman–Crippen LogP) is 1.87. The van der Waals surface area contributed by atoms with Crippen molar-refractivity contribution in [3.63, 3.8) is 0 Å². The van der Waals surface area contributed by atoms with Gasteiger partial charge in [-0.2, -0.15) is 0 Å². The van der Waals surface area contributed by atoms with E-state index in [1.807, 2.05) is 0 Å². The lowest BCUT2D eigenvalue weighted by Crippen LogP contribution is -2.40. The maximum Gasteiger partial charge on any atom is 0.0266 e. The van der Waals surface area contributed by atoms with Crippen molar-refractivity contribution in [2.45, 2.75) is 26.3 Å². The molecule has 12 heavy (non-hydrogen) atoms. The van der Waals surface area contributed by atoms with E-state index < -0.39 is 0 Å². The Hall–Kier alpha value is 0.140. The first-order chi connectivity index (χ1) is 5.42. The third kappa shape index (κ3) is 10.1. The quantitative estimate of drug-likeness (QED) is 0.711. The maximum absolute atomic E-state index is 3.74. The molecule has 0 unspecified atom stereocenters. The number of hydrogen-bond donors (Lipinski definition) is 2. The molecule has 72 valence electrons. The summed E-state index contributed by atoms with van der Waals surface area (Å²) in [4.78, 5) is 0. The summed E-state index contributed by atoms with van der Waals surface area (Å²) >= 11 is 3.29. The van der Waals surface area contributed by atoms with Crippen LogP contribution in [0, 0.1) is 0 Å². The molecule has 2 N–H and O–H groups in total. The Morgan fingerprint density at radius 1 is 1.33 bits per heavy atom. The van der Waals surface area contributed by atoms with E-state index >= 15 is 0 Å². The maximum atomic E-state index is 3.74. The minimum Gasteiger partial charge on any atom is -0.311 e. The second-order valence-corrected chi connectivity index (χ2v) is 4.99. The van der Waals surface area contributed by atoms with Crippen LogP contribution in [0.3, 0.4) is 0 Å². The van der Waals surface area contributed by atoms with E-state index in [2.05, 4.69) is 53.9 Å². The van der Waals surface area contributed by atoms with Crippen molar-refractivity contribution in [2.24, 2.45) is 0 Å². The van der Waals surface area contributed by atoms with Crippen LogP contribution in [-0.4, -0.2) is 25.2 Å². The van der Waals surface area contributed by atoms with Gasteiger partial charge in [0.2, 0.25) is 0 Å². The van der Waals surface area contributed by atoms with Gasteiger partial charge < -0.3 is 10.6 Å². The molecule has 0 rings (SSSR count). The van der Waals surface area contributed by atoms with E-state index in [9.17, 15) is 0 Å². The van der Waals surface area contributed by atoms with Crippen LogP contribution in [0.4, 0.5) is 0 Å². The first-order valence-electron chi connectivity index (χ1n) is 4.21. The lowest BCUT2D eigenvalue weighted by Gasteiger charge is -2.20. The lowest BCUT2D eigenvalue weighted by molar-refractivity contribution is 0.424. The van der Waals surface area contributed by atoms with E-state index in [-0.39, 0.29) is 5.54 Å². The van der Waals surface area contributed by atoms with Gasteiger partial charge in [0.05, 0.1) is 0 Å². The molecule has 0 saturated heterocycles.